The average molecular weight is 411 g/mol. The zero-order chi connectivity index (χ0) is 20.7. The van der Waals surface area contributed by atoms with Gasteiger partial charge in [-0.1, -0.05) is 42.5 Å². The van der Waals surface area contributed by atoms with Crippen molar-refractivity contribution < 1.29 is 9.31 Å². The average Bonchev–Trinajstić information content (AvgIpc) is 3.20. The quantitative estimate of drug-likeness (QED) is 0.248. The van der Waals surface area contributed by atoms with E-state index in [4.69, 9.17) is 14.3 Å². The van der Waals surface area contributed by atoms with Crippen molar-refractivity contribution in [2.24, 2.45) is 0 Å². The summed E-state index contributed by atoms with van der Waals surface area (Å²) >= 11 is 1.84. The summed E-state index contributed by atoms with van der Waals surface area (Å²) in [6.07, 6.45) is 0. The first-order chi connectivity index (χ1) is 14.4. The van der Waals surface area contributed by atoms with Gasteiger partial charge in [0.05, 0.1) is 22.3 Å². The Balaban J connectivity index is 1.76. The number of fused-ring (bicyclic) bond motifs is 7. The molecule has 0 saturated carbocycles. The smallest absolute Gasteiger partial charge is 0.398 e. The number of thiophene rings is 1. The third-order valence-electron chi connectivity index (χ3n) is 6.71. The van der Waals surface area contributed by atoms with Crippen LogP contribution in [0.25, 0.3) is 41.8 Å². The zero-order valence-electron chi connectivity index (χ0n) is 17.5. The van der Waals surface area contributed by atoms with Crippen LogP contribution in [0.5, 0.6) is 0 Å². The van der Waals surface area contributed by atoms with Crippen molar-refractivity contribution in [3.8, 4) is 0 Å². The highest BCUT2D eigenvalue weighted by Crippen LogP contribution is 2.41. The molecule has 0 N–H and O–H groups in total. The Morgan fingerprint density at radius 3 is 2.13 bits per heavy atom. The molecule has 0 amide bonds. The van der Waals surface area contributed by atoms with Gasteiger partial charge in [-0.25, -0.2) is 0 Å². The molecule has 1 aliphatic rings. The van der Waals surface area contributed by atoms with Crippen molar-refractivity contribution in [1.82, 2.24) is 4.98 Å². The first-order valence-electron chi connectivity index (χ1n) is 10.3. The van der Waals surface area contributed by atoms with Gasteiger partial charge in [-0.2, -0.15) is 0 Å². The first-order valence-corrected chi connectivity index (χ1v) is 11.2. The molecular weight excluding hydrogens is 389 g/mol. The van der Waals surface area contributed by atoms with Gasteiger partial charge in [0.1, 0.15) is 0 Å². The number of para-hydroxylation sites is 1. The minimum atomic E-state index is -0.496. The Bertz CT molecular complexity index is 1450. The van der Waals surface area contributed by atoms with Crippen molar-refractivity contribution in [2.75, 3.05) is 0 Å². The van der Waals surface area contributed by atoms with Gasteiger partial charge in [0.25, 0.3) is 0 Å². The molecule has 6 rings (SSSR count). The second-order valence-electron chi connectivity index (χ2n) is 9.06. The second kappa shape index (κ2) is 6.04. The number of pyridine rings is 1. The van der Waals surface area contributed by atoms with Gasteiger partial charge in [-0.15, -0.1) is 11.3 Å². The maximum absolute atomic E-state index is 6.41. The molecule has 0 unspecified atom stereocenters. The molecule has 0 aliphatic carbocycles. The van der Waals surface area contributed by atoms with E-state index in [0.717, 1.165) is 16.5 Å². The van der Waals surface area contributed by atoms with E-state index in [9.17, 15) is 0 Å². The molecule has 3 heterocycles. The summed E-state index contributed by atoms with van der Waals surface area (Å²) in [7, 11) is -0.496. The molecule has 0 spiro atoms. The fraction of sp³-hybridized carbons (Fsp3) is 0.240. The highest BCUT2D eigenvalue weighted by molar-refractivity contribution is 7.26. The van der Waals surface area contributed by atoms with Crippen molar-refractivity contribution in [3.63, 3.8) is 0 Å². The van der Waals surface area contributed by atoms with Crippen LogP contribution in [0.4, 0.5) is 0 Å². The molecule has 3 aromatic carbocycles. The molecule has 0 bridgehead atoms. The van der Waals surface area contributed by atoms with Crippen LogP contribution in [0.1, 0.15) is 27.7 Å². The maximum atomic E-state index is 6.41. The molecular formula is C25H22BNO2S. The number of hydrogen-bond donors (Lipinski definition) is 0. The fourth-order valence-corrected chi connectivity index (χ4v) is 5.53. The Labute approximate surface area is 179 Å². The highest BCUT2D eigenvalue weighted by Gasteiger charge is 2.52. The van der Waals surface area contributed by atoms with E-state index >= 15 is 0 Å². The Morgan fingerprint density at radius 2 is 1.37 bits per heavy atom. The summed E-state index contributed by atoms with van der Waals surface area (Å²) in [6.45, 7) is 8.34. The molecule has 0 radical (unpaired) electrons. The molecule has 5 aromatic rings. The third-order valence-corrected chi connectivity index (χ3v) is 7.85. The SMILES string of the molecule is CC1(C)OB(c2nc3ccccc3c3c2ccc2sc4ccccc4c23)OC1(C)C. The van der Waals surface area contributed by atoms with Crippen LogP contribution in [0.2, 0.25) is 0 Å². The Kier molecular flexibility index (Phi) is 3.69. The molecule has 2 aromatic heterocycles. The van der Waals surface area contributed by atoms with Crippen LogP contribution in [-0.4, -0.2) is 23.3 Å². The van der Waals surface area contributed by atoms with Crippen molar-refractivity contribution in [1.29, 1.82) is 0 Å². The minimum absolute atomic E-state index is 0.406. The second-order valence-corrected chi connectivity index (χ2v) is 10.1. The molecule has 0 atom stereocenters. The van der Waals surface area contributed by atoms with E-state index in [2.05, 4.69) is 82.3 Å². The molecule has 1 aliphatic heterocycles. The normalized spacial score (nSPS) is 18.2. The van der Waals surface area contributed by atoms with E-state index in [-0.39, 0.29) is 0 Å². The van der Waals surface area contributed by atoms with E-state index < -0.39 is 18.3 Å². The van der Waals surface area contributed by atoms with Crippen molar-refractivity contribution in [3.05, 3.63) is 60.7 Å². The van der Waals surface area contributed by atoms with Crippen LogP contribution in [0.3, 0.4) is 0 Å². The van der Waals surface area contributed by atoms with Crippen LogP contribution in [0, 0.1) is 0 Å². The number of hydrogen-bond acceptors (Lipinski definition) is 4. The van der Waals surface area contributed by atoms with Crippen LogP contribution in [0.15, 0.2) is 60.7 Å². The number of benzene rings is 3. The monoisotopic (exact) mass is 411 g/mol. The Morgan fingerprint density at radius 1 is 0.700 bits per heavy atom. The predicted octanol–water partition coefficient (Wildman–Crippen LogP) is 6.06. The third kappa shape index (κ3) is 2.43. The summed E-state index contributed by atoms with van der Waals surface area (Å²) in [6, 6.07) is 21.4. The van der Waals surface area contributed by atoms with Crippen molar-refractivity contribution in [2.45, 2.75) is 38.9 Å². The molecule has 3 nitrogen and oxygen atoms in total. The minimum Gasteiger partial charge on any atom is -0.398 e. The summed E-state index contributed by atoms with van der Waals surface area (Å²) in [5, 5.41) is 6.09. The van der Waals surface area contributed by atoms with Crippen LogP contribution >= 0.6 is 11.3 Å². The largest absolute Gasteiger partial charge is 0.515 e. The lowest BCUT2D eigenvalue weighted by Gasteiger charge is -2.32. The summed E-state index contributed by atoms with van der Waals surface area (Å²) in [4.78, 5) is 5.04. The van der Waals surface area contributed by atoms with Gasteiger partial charge >= 0.3 is 7.12 Å². The highest BCUT2D eigenvalue weighted by atomic mass is 32.1. The summed E-state index contributed by atoms with van der Waals surface area (Å²) < 4.78 is 15.4. The standard InChI is InChI=1S/C25H22BNO2S/c1-24(2)25(3,4)29-26(28-24)23-17-13-14-20-22(16-10-6-8-12-19(16)30-20)21(17)15-9-5-7-11-18(15)27-23/h5-14H,1-4H3. The molecule has 148 valence electrons. The molecule has 5 heteroatoms. The molecule has 1 saturated heterocycles. The van der Waals surface area contributed by atoms with Gasteiger partial charge in [-0.05, 0) is 45.9 Å². The maximum Gasteiger partial charge on any atom is 0.515 e. The molecule has 1 fully saturated rings. The van der Waals surface area contributed by atoms with E-state index in [1.165, 1.54) is 30.9 Å². The first kappa shape index (κ1) is 18.3. The molecule has 30 heavy (non-hydrogen) atoms. The van der Waals surface area contributed by atoms with Crippen LogP contribution in [-0.2, 0) is 9.31 Å². The van der Waals surface area contributed by atoms with Gasteiger partial charge < -0.3 is 9.31 Å². The summed E-state index contributed by atoms with van der Waals surface area (Å²) in [5.41, 5.74) is 1.02. The lowest BCUT2D eigenvalue weighted by molar-refractivity contribution is 0.00578. The van der Waals surface area contributed by atoms with E-state index in [0.29, 0.717) is 0 Å². The van der Waals surface area contributed by atoms with Crippen molar-refractivity contribution >= 4 is 65.9 Å². The number of aromatic nitrogens is 1. The van der Waals surface area contributed by atoms with Gasteiger partial charge in [-0.3, -0.25) is 4.98 Å². The van der Waals surface area contributed by atoms with E-state index in [1.807, 2.05) is 17.4 Å². The zero-order valence-corrected chi connectivity index (χ0v) is 18.3. The lowest BCUT2D eigenvalue weighted by atomic mass is 9.79. The lowest BCUT2D eigenvalue weighted by Crippen LogP contribution is -2.41. The number of rotatable bonds is 1. The van der Waals surface area contributed by atoms with E-state index in [1.54, 1.807) is 0 Å². The predicted molar refractivity (Wildman–Crippen MR) is 128 cm³/mol. The van der Waals surface area contributed by atoms with Gasteiger partial charge in [0.15, 0.2) is 0 Å². The summed E-state index contributed by atoms with van der Waals surface area (Å²) in [5.74, 6) is 0. The topological polar surface area (TPSA) is 31.4 Å². The fourth-order valence-electron chi connectivity index (χ4n) is 4.42. The Hall–Kier alpha value is -2.47. The number of nitrogens with zero attached hydrogens (tertiary/aromatic N) is 1. The van der Waals surface area contributed by atoms with Gasteiger partial charge in [0, 0.05) is 36.3 Å². The van der Waals surface area contributed by atoms with Crippen LogP contribution < -0.4 is 5.59 Å². The van der Waals surface area contributed by atoms with Gasteiger partial charge in [0.2, 0.25) is 0 Å².